The molecule has 258 valence electrons. The molecule has 0 aromatic rings. The summed E-state index contributed by atoms with van der Waals surface area (Å²) in [6.07, 6.45) is 41.9. The minimum absolute atomic E-state index is 0.381. The zero-order valence-electron chi connectivity index (χ0n) is 29.0. The largest absolute Gasteiger partial charge is 0.394 e. The summed E-state index contributed by atoms with van der Waals surface area (Å²) in [6, 6.07) is -0.815. The summed E-state index contributed by atoms with van der Waals surface area (Å²) in [4.78, 5) is 12.4. The van der Waals surface area contributed by atoms with Crippen LogP contribution in [0.25, 0.3) is 0 Å². The first-order valence-corrected chi connectivity index (χ1v) is 18.8. The molecule has 4 N–H and O–H groups in total. The molecule has 0 aliphatic carbocycles. The number of carbonyl (C=O) groups is 1. The van der Waals surface area contributed by atoms with Crippen molar-refractivity contribution in [3.63, 3.8) is 0 Å². The van der Waals surface area contributed by atoms with Gasteiger partial charge in [-0.25, -0.2) is 0 Å². The van der Waals surface area contributed by atoms with E-state index in [4.69, 9.17) is 0 Å². The number of unbranched alkanes of at least 4 members (excludes halogenated alkanes) is 22. The van der Waals surface area contributed by atoms with Crippen molar-refractivity contribution in [3.8, 4) is 0 Å². The van der Waals surface area contributed by atoms with Gasteiger partial charge in [-0.1, -0.05) is 178 Å². The van der Waals surface area contributed by atoms with Gasteiger partial charge in [0.05, 0.1) is 18.8 Å². The highest BCUT2D eigenvalue weighted by atomic mass is 16.3. The van der Waals surface area contributed by atoms with E-state index in [1.54, 1.807) is 6.08 Å². The van der Waals surface area contributed by atoms with Crippen molar-refractivity contribution in [2.75, 3.05) is 6.61 Å². The number of carbonyl (C=O) groups excluding carboxylic acids is 1. The van der Waals surface area contributed by atoms with Crippen molar-refractivity contribution in [1.29, 1.82) is 0 Å². The Morgan fingerprint density at radius 2 is 0.977 bits per heavy atom. The Hall–Kier alpha value is -1.43. The maximum atomic E-state index is 12.4. The van der Waals surface area contributed by atoms with E-state index < -0.39 is 24.2 Å². The van der Waals surface area contributed by atoms with Gasteiger partial charge in [0.15, 0.2) is 0 Å². The van der Waals surface area contributed by atoms with E-state index in [1.807, 2.05) is 13.0 Å². The molecule has 0 aromatic carbocycles. The van der Waals surface area contributed by atoms with E-state index >= 15 is 0 Å². The summed E-state index contributed by atoms with van der Waals surface area (Å²) in [7, 11) is 0. The third-order valence-corrected chi connectivity index (χ3v) is 8.56. The summed E-state index contributed by atoms with van der Waals surface area (Å²) in [5, 5.41) is 32.8. The second-order valence-corrected chi connectivity index (χ2v) is 12.8. The van der Waals surface area contributed by atoms with Crippen LogP contribution in [0.3, 0.4) is 0 Å². The molecular weight excluding hydrogens is 546 g/mol. The predicted molar refractivity (Wildman–Crippen MR) is 190 cm³/mol. The Balaban J connectivity index is 3.64. The van der Waals surface area contributed by atoms with Crippen LogP contribution in [0.15, 0.2) is 36.5 Å². The van der Waals surface area contributed by atoms with Gasteiger partial charge in [0.2, 0.25) is 5.91 Å². The Kier molecular flexibility index (Phi) is 33.3. The van der Waals surface area contributed by atoms with Gasteiger partial charge < -0.3 is 20.6 Å². The molecule has 0 spiro atoms. The van der Waals surface area contributed by atoms with Crippen molar-refractivity contribution in [2.45, 2.75) is 199 Å². The number of nitrogens with one attached hydrogen (secondary N) is 1. The molecule has 0 fully saturated rings. The number of aliphatic hydroxyl groups is 3. The smallest absolute Gasteiger partial charge is 0.249 e. The number of allylic oxidation sites excluding steroid dienone is 5. The first-order chi connectivity index (χ1) is 21.6. The van der Waals surface area contributed by atoms with Gasteiger partial charge in [0, 0.05) is 0 Å². The van der Waals surface area contributed by atoms with E-state index in [-0.39, 0.29) is 6.61 Å². The Morgan fingerprint density at radius 1 is 0.591 bits per heavy atom. The first-order valence-electron chi connectivity index (χ1n) is 18.8. The van der Waals surface area contributed by atoms with Gasteiger partial charge in [-0.15, -0.1) is 0 Å². The molecule has 0 bridgehead atoms. The molecule has 0 aromatic heterocycles. The summed E-state index contributed by atoms with van der Waals surface area (Å²) >= 11 is 0. The van der Waals surface area contributed by atoms with Gasteiger partial charge in [0.25, 0.3) is 0 Å². The number of rotatable bonds is 33. The average Bonchev–Trinajstić information content (AvgIpc) is 3.03. The van der Waals surface area contributed by atoms with E-state index in [2.05, 4.69) is 36.5 Å². The van der Waals surface area contributed by atoms with Gasteiger partial charge in [0.1, 0.15) is 6.10 Å². The Morgan fingerprint density at radius 3 is 1.39 bits per heavy atom. The molecular formula is C39H73NO4. The van der Waals surface area contributed by atoms with Crippen molar-refractivity contribution >= 4 is 5.91 Å². The lowest BCUT2D eigenvalue weighted by atomic mass is 10.0. The molecule has 0 saturated carbocycles. The number of aliphatic hydroxyl groups excluding tert-OH is 3. The molecule has 0 radical (unpaired) electrons. The lowest BCUT2D eigenvalue weighted by Gasteiger charge is -2.21. The van der Waals surface area contributed by atoms with Crippen molar-refractivity contribution in [1.82, 2.24) is 5.32 Å². The van der Waals surface area contributed by atoms with E-state index in [9.17, 15) is 20.1 Å². The fourth-order valence-electron chi connectivity index (χ4n) is 5.58. The van der Waals surface area contributed by atoms with Crippen molar-refractivity contribution in [3.05, 3.63) is 36.5 Å². The highest BCUT2D eigenvalue weighted by Crippen LogP contribution is 2.15. The van der Waals surface area contributed by atoms with Crippen LogP contribution in [-0.4, -0.2) is 46.1 Å². The average molecular weight is 620 g/mol. The van der Waals surface area contributed by atoms with Gasteiger partial charge in [-0.2, -0.15) is 0 Å². The highest BCUT2D eigenvalue weighted by Gasteiger charge is 2.22. The summed E-state index contributed by atoms with van der Waals surface area (Å²) < 4.78 is 0. The predicted octanol–water partition coefficient (Wildman–Crippen LogP) is 10.0. The molecule has 3 atom stereocenters. The third-order valence-electron chi connectivity index (χ3n) is 8.56. The lowest BCUT2D eigenvalue weighted by Crippen LogP contribution is -2.48. The Bertz CT molecular complexity index is 690. The molecule has 0 aliphatic heterocycles. The minimum atomic E-state index is -1.10. The van der Waals surface area contributed by atoms with Crippen molar-refractivity contribution < 1.29 is 20.1 Å². The number of hydrogen-bond acceptors (Lipinski definition) is 4. The summed E-state index contributed by atoms with van der Waals surface area (Å²) in [6.45, 7) is 3.92. The molecule has 0 aliphatic rings. The standard InChI is InChI=1S/C39H73NO4/c1-3-5-7-9-11-13-14-15-16-17-18-19-20-21-22-23-24-26-28-30-32-34-38(43)39(44)40-36(35-41)37(42)33-31-29-27-25-12-10-8-6-4-2/h4,6,12,25,31,33,36-38,41-43H,3,5,7-11,13-24,26-30,32,34-35H2,1-2H3,(H,40,44)/b6-4+,25-12+,33-31+. The topological polar surface area (TPSA) is 89.8 Å². The van der Waals surface area contributed by atoms with E-state index in [0.717, 1.165) is 44.9 Å². The van der Waals surface area contributed by atoms with Crippen LogP contribution in [0.2, 0.25) is 0 Å². The second kappa shape index (κ2) is 34.4. The summed E-state index contributed by atoms with van der Waals surface area (Å²) in [5.41, 5.74) is 0. The van der Waals surface area contributed by atoms with Crippen LogP contribution in [-0.2, 0) is 4.79 Å². The second-order valence-electron chi connectivity index (χ2n) is 12.8. The molecule has 0 rings (SSSR count). The van der Waals surface area contributed by atoms with Crippen LogP contribution in [0.1, 0.15) is 181 Å². The normalized spacial score (nSPS) is 14.2. The molecule has 3 unspecified atom stereocenters. The third kappa shape index (κ3) is 29.3. The monoisotopic (exact) mass is 620 g/mol. The van der Waals surface area contributed by atoms with Crippen LogP contribution in [0, 0.1) is 0 Å². The number of hydrogen-bond donors (Lipinski definition) is 4. The maximum absolute atomic E-state index is 12.4. The Labute approximate surface area is 273 Å². The van der Waals surface area contributed by atoms with Gasteiger partial charge >= 0.3 is 0 Å². The summed E-state index contributed by atoms with van der Waals surface area (Å²) in [5.74, 6) is -0.520. The molecule has 44 heavy (non-hydrogen) atoms. The molecule has 1 amide bonds. The first kappa shape index (κ1) is 42.6. The SMILES string of the molecule is C/C=C/CC/C=C/CC/C=C/C(O)C(CO)NC(=O)C(O)CCCCCCCCCCCCCCCCCCCCCCC. The molecule has 5 heteroatoms. The van der Waals surface area contributed by atoms with Crippen LogP contribution < -0.4 is 5.32 Å². The lowest BCUT2D eigenvalue weighted by molar-refractivity contribution is -0.131. The van der Waals surface area contributed by atoms with Gasteiger partial charge in [-0.05, 0) is 39.0 Å². The quantitative estimate of drug-likeness (QED) is 0.0435. The van der Waals surface area contributed by atoms with Crippen molar-refractivity contribution in [2.24, 2.45) is 0 Å². The zero-order valence-corrected chi connectivity index (χ0v) is 29.0. The molecule has 5 nitrogen and oxygen atoms in total. The molecule has 0 saturated heterocycles. The van der Waals surface area contributed by atoms with E-state index in [0.29, 0.717) is 6.42 Å². The zero-order chi connectivity index (χ0) is 32.4. The number of amides is 1. The molecule has 0 heterocycles. The van der Waals surface area contributed by atoms with E-state index in [1.165, 1.54) is 116 Å². The van der Waals surface area contributed by atoms with Crippen LogP contribution >= 0.6 is 0 Å². The van der Waals surface area contributed by atoms with Crippen LogP contribution in [0.4, 0.5) is 0 Å². The fourth-order valence-corrected chi connectivity index (χ4v) is 5.58. The fraction of sp³-hybridized carbons (Fsp3) is 0.821. The van der Waals surface area contributed by atoms with Crippen LogP contribution in [0.5, 0.6) is 0 Å². The highest BCUT2D eigenvalue weighted by molar-refractivity contribution is 5.80. The van der Waals surface area contributed by atoms with Gasteiger partial charge in [-0.3, -0.25) is 4.79 Å². The minimum Gasteiger partial charge on any atom is -0.394 e. The maximum Gasteiger partial charge on any atom is 0.249 e.